The number of ether oxygens (including phenoxy) is 2. The fourth-order valence-electron chi connectivity index (χ4n) is 4.18. The van der Waals surface area contributed by atoms with Crippen LogP contribution in [0.25, 0.3) is 11.4 Å². The van der Waals surface area contributed by atoms with Gasteiger partial charge < -0.3 is 9.47 Å². The molecule has 0 spiro atoms. The molecule has 0 N–H and O–H groups in total. The molecule has 2 aliphatic heterocycles. The summed E-state index contributed by atoms with van der Waals surface area (Å²) < 4.78 is 13.2. The number of hydrogen-bond donors (Lipinski definition) is 0. The second-order valence-corrected chi connectivity index (χ2v) is 9.00. The molecule has 0 bridgehead atoms. The van der Waals surface area contributed by atoms with Crippen LogP contribution in [-0.2, 0) is 11.3 Å². The first-order valence-corrected chi connectivity index (χ1v) is 11.9. The van der Waals surface area contributed by atoms with Crippen LogP contribution in [0.5, 0.6) is 5.75 Å². The third kappa shape index (κ3) is 4.26. The molecule has 0 aliphatic carbocycles. The van der Waals surface area contributed by atoms with Gasteiger partial charge in [-0.1, -0.05) is 23.9 Å². The molecule has 0 radical (unpaired) electrons. The summed E-state index contributed by atoms with van der Waals surface area (Å²) in [7, 11) is 1.64. The summed E-state index contributed by atoms with van der Waals surface area (Å²) in [4.78, 5) is 26.6. The quantitative estimate of drug-likeness (QED) is 0.372. The molecule has 0 unspecified atom stereocenters. The Labute approximate surface area is 195 Å². The lowest BCUT2D eigenvalue weighted by Gasteiger charge is -2.16. The summed E-state index contributed by atoms with van der Waals surface area (Å²) in [6.45, 7) is 1.73. The monoisotopic (exact) mass is 464 g/mol. The summed E-state index contributed by atoms with van der Waals surface area (Å²) in [6.07, 6.45) is 2.17. The van der Waals surface area contributed by atoms with Crippen LogP contribution < -0.4 is 4.74 Å². The molecular weight excluding hydrogens is 440 g/mol. The molecule has 0 saturated carbocycles. The van der Waals surface area contributed by atoms with Crippen molar-refractivity contribution in [3.05, 3.63) is 59.7 Å². The summed E-state index contributed by atoms with van der Waals surface area (Å²) in [5, 5.41) is 9.61. The Morgan fingerprint density at radius 3 is 2.42 bits per heavy atom. The van der Waals surface area contributed by atoms with Crippen LogP contribution in [0.4, 0.5) is 0 Å². The Bertz CT molecular complexity index is 1140. The molecule has 170 valence electrons. The lowest BCUT2D eigenvalue weighted by molar-refractivity contribution is 0.0664. The van der Waals surface area contributed by atoms with Crippen molar-refractivity contribution in [2.24, 2.45) is 0 Å². The second-order valence-electron chi connectivity index (χ2n) is 7.94. The van der Waals surface area contributed by atoms with E-state index in [2.05, 4.69) is 14.8 Å². The van der Waals surface area contributed by atoms with E-state index >= 15 is 0 Å². The fraction of sp³-hybridized carbons (Fsp3) is 0.333. The predicted molar refractivity (Wildman–Crippen MR) is 124 cm³/mol. The maximum absolute atomic E-state index is 12.6. The number of aromatic nitrogens is 3. The van der Waals surface area contributed by atoms with Crippen molar-refractivity contribution in [2.75, 3.05) is 26.0 Å². The molecule has 9 heteroatoms. The Morgan fingerprint density at radius 2 is 1.79 bits per heavy atom. The Kier molecular flexibility index (Phi) is 6.15. The molecule has 33 heavy (non-hydrogen) atoms. The van der Waals surface area contributed by atoms with Crippen molar-refractivity contribution in [3.63, 3.8) is 0 Å². The van der Waals surface area contributed by atoms with Crippen LogP contribution >= 0.6 is 11.8 Å². The standard InChI is InChI=1S/C24H24N4O4S/c1-31-17-10-8-16(9-11-17)21-25-26-24(28(21)15-18-5-4-13-32-18)33-14-12-27-22(29)19-6-2-3-7-20(19)23(27)30/h2-3,6-11,18H,4-5,12-15H2,1H3/t18-/m0/s1. The van der Waals surface area contributed by atoms with Crippen LogP contribution in [-0.4, -0.2) is 63.6 Å². The molecule has 1 atom stereocenters. The van der Waals surface area contributed by atoms with Gasteiger partial charge in [0.05, 0.1) is 30.9 Å². The molecule has 3 aromatic rings. The van der Waals surface area contributed by atoms with Gasteiger partial charge in [0, 0.05) is 24.5 Å². The zero-order valence-electron chi connectivity index (χ0n) is 18.3. The molecule has 3 heterocycles. The number of imide groups is 1. The summed E-state index contributed by atoms with van der Waals surface area (Å²) >= 11 is 1.49. The average Bonchev–Trinajstić information content (AvgIpc) is 3.56. The minimum absolute atomic E-state index is 0.119. The highest BCUT2D eigenvalue weighted by molar-refractivity contribution is 7.99. The van der Waals surface area contributed by atoms with Crippen molar-refractivity contribution in [1.82, 2.24) is 19.7 Å². The van der Waals surface area contributed by atoms with E-state index < -0.39 is 0 Å². The van der Waals surface area contributed by atoms with Gasteiger partial charge in [-0.2, -0.15) is 0 Å². The SMILES string of the molecule is COc1ccc(-c2nnc(SCCN3C(=O)c4ccccc4C3=O)n2C[C@@H]2CCCO2)cc1. The van der Waals surface area contributed by atoms with E-state index in [-0.39, 0.29) is 17.9 Å². The topological polar surface area (TPSA) is 86.6 Å². The molecule has 8 nitrogen and oxygen atoms in total. The number of thioether (sulfide) groups is 1. The van der Waals surface area contributed by atoms with Gasteiger partial charge in [0.15, 0.2) is 11.0 Å². The van der Waals surface area contributed by atoms with Gasteiger partial charge in [-0.25, -0.2) is 0 Å². The highest BCUT2D eigenvalue weighted by atomic mass is 32.2. The van der Waals surface area contributed by atoms with Gasteiger partial charge in [0.25, 0.3) is 11.8 Å². The lowest BCUT2D eigenvalue weighted by Crippen LogP contribution is -2.31. The zero-order valence-corrected chi connectivity index (χ0v) is 19.1. The van der Waals surface area contributed by atoms with Gasteiger partial charge >= 0.3 is 0 Å². The highest BCUT2D eigenvalue weighted by Gasteiger charge is 2.34. The van der Waals surface area contributed by atoms with E-state index in [9.17, 15) is 9.59 Å². The van der Waals surface area contributed by atoms with E-state index in [4.69, 9.17) is 9.47 Å². The number of benzene rings is 2. The van der Waals surface area contributed by atoms with E-state index in [0.717, 1.165) is 41.7 Å². The van der Waals surface area contributed by atoms with Gasteiger partial charge in [-0.3, -0.25) is 19.1 Å². The third-order valence-electron chi connectivity index (χ3n) is 5.90. The first-order valence-electron chi connectivity index (χ1n) is 10.9. The highest BCUT2D eigenvalue weighted by Crippen LogP contribution is 2.29. The molecule has 2 amide bonds. The zero-order chi connectivity index (χ0) is 22.8. The predicted octanol–water partition coefficient (Wildman–Crippen LogP) is 3.52. The Balaban J connectivity index is 1.33. The minimum atomic E-state index is -0.240. The maximum Gasteiger partial charge on any atom is 0.261 e. The third-order valence-corrected chi connectivity index (χ3v) is 6.85. The van der Waals surface area contributed by atoms with Gasteiger partial charge in [-0.15, -0.1) is 10.2 Å². The maximum atomic E-state index is 12.6. The van der Waals surface area contributed by atoms with Crippen molar-refractivity contribution in [3.8, 4) is 17.1 Å². The Morgan fingerprint density at radius 1 is 1.06 bits per heavy atom. The number of hydrogen-bond acceptors (Lipinski definition) is 7. The smallest absolute Gasteiger partial charge is 0.261 e. The van der Waals surface area contributed by atoms with Crippen LogP contribution in [0.2, 0.25) is 0 Å². The van der Waals surface area contributed by atoms with E-state index in [1.807, 2.05) is 24.3 Å². The van der Waals surface area contributed by atoms with Crippen molar-refractivity contribution in [1.29, 1.82) is 0 Å². The van der Waals surface area contributed by atoms with Crippen molar-refractivity contribution in [2.45, 2.75) is 30.6 Å². The first-order chi connectivity index (χ1) is 16.2. The van der Waals surface area contributed by atoms with E-state index in [0.29, 0.717) is 30.0 Å². The molecule has 5 rings (SSSR count). The molecular formula is C24H24N4O4S. The van der Waals surface area contributed by atoms with Gasteiger partial charge in [0.1, 0.15) is 5.75 Å². The number of fused-ring (bicyclic) bond motifs is 1. The summed E-state index contributed by atoms with van der Waals surface area (Å²) in [6, 6.07) is 14.7. The minimum Gasteiger partial charge on any atom is -0.497 e. The van der Waals surface area contributed by atoms with Crippen LogP contribution in [0, 0.1) is 0 Å². The number of rotatable bonds is 8. The van der Waals surface area contributed by atoms with Crippen molar-refractivity contribution >= 4 is 23.6 Å². The molecule has 1 aromatic heterocycles. The first kappa shape index (κ1) is 21.7. The lowest BCUT2D eigenvalue weighted by atomic mass is 10.1. The van der Waals surface area contributed by atoms with Crippen molar-refractivity contribution < 1.29 is 19.1 Å². The average molecular weight is 465 g/mol. The van der Waals surface area contributed by atoms with Crippen LogP contribution in [0.3, 0.4) is 0 Å². The van der Waals surface area contributed by atoms with Crippen LogP contribution in [0.15, 0.2) is 53.7 Å². The molecule has 2 aliphatic rings. The largest absolute Gasteiger partial charge is 0.497 e. The normalized spacial score (nSPS) is 17.6. The van der Waals surface area contributed by atoms with Gasteiger partial charge in [-0.05, 0) is 49.2 Å². The molecule has 1 saturated heterocycles. The Hall–Kier alpha value is -3.17. The number of nitrogens with zero attached hydrogens (tertiary/aromatic N) is 4. The van der Waals surface area contributed by atoms with E-state index in [1.165, 1.54) is 16.7 Å². The van der Waals surface area contributed by atoms with Crippen LogP contribution in [0.1, 0.15) is 33.6 Å². The van der Waals surface area contributed by atoms with Gasteiger partial charge in [0.2, 0.25) is 0 Å². The fourth-order valence-corrected chi connectivity index (χ4v) is 5.05. The number of methoxy groups -OCH3 is 1. The summed E-state index contributed by atoms with van der Waals surface area (Å²) in [5.41, 5.74) is 1.88. The summed E-state index contributed by atoms with van der Waals surface area (Å²) in [5.74, 6) is 1.58. The number of carbonyl (C=O) groups excluding carboxylic acids is 2. The molecule has 1 fully saturated rings. The molecule has 2 aromatic carbocycles. The van der Waals surface area contributed by atoms with E-state index in [1.54, 1.807) is 31.4 Å². The number of carbonyl (C=O) groups is 2. The number of amides is 2. The second kappa shape index (κ2) is 9.36.